The fraction of sp³-hybridized carbons (Fsp3) is 0.600. The van der Waals surface area contributed by atoms with Gasteiger partial charge in [-0.05, 0) is 42.9 Å². The molecule has 90 valence electrons. The molecule has 0 aliphatic carbocycles. The molecular formula is C15H24O. The smallest absolute Gasteiger partial charge is 0.121 e. The van der Waals surface area contributed by atoms with Gasteiger partial charge in [-0.3, -0.25) is 0 Å². The molecule has 1 rings (SSSR count). The summed E-state index contributed by atoms with van der Waals surface area (Å²) in [5, 5.41) is 9.92. The van der Waals surface area contributed by atoms with Crippen LogP contribution in [0.15, 0.2) is 12.1 Å². The Balaban J connectivity index is 2.77. The van der Waals surface area contributed by atoms with Gasteiger partial charge in [0.25, 0.3) is 0 Å². The molecule has 0 amide bonds. The molecule has 1 heteroatoms. The van der Waals surface area contributed by atoms with E-state index in [1.54, 1.807) is 0 Å². The average molecular weight is 220 g/mol. The van der Waals surface area contributed by atoms with Crippen molar-refractivity contribution in [3.63, 3.8) is 0 Å². The van der Waals surface area contributed by atoms with E-state index >= 15 is 0 Å². The van der Waals surface area contributed by atoms with E-state index in [4.69, 9.17) is 0 Å². The number of aryl methyl sites for hydroxylation is 3. The molecule has 0 aliphatic rings. The van der Waals surface area contributed by atoms with Crippen LogP contribution in [0.2, 0.25) is 0 Å². The van der Waals surface area contributed by atoms with Gasteiger partial charge >= 0.3 is 0 Å². The normalized spacial score (nSPS) is 10.7. The summed E-state index contributed by atoms with van der Waals surface area (Å²) in [6, 6.07) is 4.31. The zero-order valence-corrected chi connectivity index (χ0v) is 10.8. The van der Waals surface area contributed by atoms with E-state index in [9.17, 15) is 5.11 Å². The minimum absolute atomic E-state index is 0.501. The molecular weight excluding hydrogens is 196 g/mol. The number of phenolic OH excluding ortho intramolecular Hbond substituents is 1. The minimum atomic E-state index is 0.501. The SMILES string of the molecule is CCCCCc1cc(C)c(O)c(CCC)c1. The average Bonchev–Trinajstić information content (AvgIpc) is 2.26. The number of aromatic hydroxyl groups is 1. The van der Waals surface area contributed by atoms with Crippen LogP contribution in [0.5, 0.6) is 5.75 Å². The van der Waals surface area contributed by atoms with Crippen LogP contribution in [-0.4, -0.2) is 5.11 Å². The van der Waals surface area contributed by atoms with Crippen molar-refractivity contribution in [3.05, 3.63) is 28.8 Å². The topological polar surface area (TPSA) is 20.2 Å². The van der Waals surface area contributed by atoms with Crippen molar-refractivity contribution in [1.29, 1.82) is 0 Å². The van der Waals surface area contributed by atoms with Crippen molar-refractivity contribution in [2.75, 3.05) is 0 Å². The van der Waals surface area contributed by atoms with Crippen LogP contribution < -0.4 is 0 Å². The molecule has 1 N–H and O–H groups in total. The third-order valence-electron chi connectivity index (χ3n) is 3.03. The second-order valence-electron chi connectivity index (χ2n) is 4.63. The first-order chi connectivity index (χ1) is 7.69. The largest absolute Gasteiger partial charge is 0.507 e. The summed E-state index contributed by atoms with van der Waals surface area (Å²) in [7, 11) is 0. The van der Waals surface area contributed by atoms with Gasteiger partial charge in [-0.25, -0.2) is 0 Å². The van der Waals surface area contributed by atoms with E-state index in [0.29, 0.717) is 5.75 Å². The highest BCUT2D eigenvalue weighted by Crippen LogP contribution is 2.26. The number of benzene rings is 1. The van der Waals surface area contributed by atoms with Crippen molar-refractivity contribution < 1.29 is 5.11 Å². The van der Waals surface area contributed by atoms with Gasteiger partial charge in [0.2, 0.25) is 0 Å². The summed E-state index contributed by atoms with van der Waals surface area (Å²) in [6.07, 6.45) is 7.03. The highest BCUT2D eigenvalue weighted by atomic mass is 16.3. The summed E-state index contributed by atoms with van der Waals surface area (Å²) < 4.78 is 0. The van der Waals surface area contributed by atoms with Crippen LogP contribution in [0.1, 0.15) is 56.2 Å². The molecule has 0 bridgehead atoms. The first kappa shape index (κ1) is 13.1. The Hall–Kier alpha value is -0.980. The van der Waals surface area contributed by atoms with Crippen molar-refractivity contribution in [2.24, 2.45) is 0 Å². The molecule has 0 radical (unpaired) electrons. The summed E-state index contributed by atoms with van der Waals surface area (Å²) >= 11 is 0. The molecule has 0 atom stereocenters. The Bertz CT molecular complexity index is 328. The van der Waals surface area contributed by atoms with E-state index in [0.717, 1.165) is 30.4 Å². The van der Waals surface area contributed by atoms with Crippen molar-refractivity contribution in [3.8, 4) is 5.75 Å². The predicted octanol–water partition coefficient (Wildman–Crippen LogP) is 4.39. The molecule has 1 aromatic carbocycles. The van der Waals surface area contributed by atoms with Gasteiger partial charge in [0.15, 0.2) is 0 Å². The zero-order chi connectivity index (χ0) is 12.0. The molecule has 1 aromatic rings. The highest BCUT2D eigenvalue weighted by molar-refractivity contribution is 5.43. The monoisotopic (exact) mass is 220 g/mol. The van der Waals surface area contributed by atoms with Crippen LogP contribution in [0.25, 0.3) is 0 Å². The Kier molecular flexibility index (Phi) is 5.37. The maximum Gasteiger partial charge on any atom is 0.121 e. The Labute approximate surface area is 99.5 Å². The van der Waals surface area contributed by atoms with Gasteiger partial charge in [0, 0.05) is 0 Å². The van der Waals surface area contributed by atoms with E-state index in [1.807, 2.05) is 6.92 Å². The fourth-order valence-corrected chi connectivity index (χ4v) is 2.12. The lowest BCUT2D eigenvalue weighted by atomic mass is 9.98. The second-order valence-corrected chi connectivity index (χ2v) is 4.63. The van der Waals surface area contributed by atoms with Gasteiger partial charge < -0.3 is 5.11 Å². The fourth-order valence-electron chi connectivity index (χ4n) is 2.12. The maximum atomic E-state index is 9.92. The number of rotatable bonds is 6. The van der Waals surface area contributed by atoms with Crippen LogP contribution in [-0.2, 0) is 12.8 Å². The van der Waals surface area contributed by atoms with E-state index in [2.05, 4.69) is 26.0 Å². The Morgan fingerprint density at radius 1 is 1.00 bits per heavy atom. The second kappa shape index (κ2) is 6.57. The van der Waals surface area contributed by atoms with Crippen molar-refractivity contribution in [2.45, 2.75) is 59.3 Å². The van der Waals surface area contributed by atoms with E-state index in [1.165, 1.54) is 24.8 Å². The lowest BCUT2D eigenvalue weighted by molar-refractivity contribution is 0.463. The number of hydrogen-bond donors (Lipinski definition) is 1. The Morgan fingerprint density at radius 3 is 2.38 bits per heavy atom. The molecule has 0 unspecified atom stereocenters. The molecule has 0 saturated carbocycles. The molecule has 0 fully saturated rings. The number of hydrogen-bond acceptors (Lipinski definition) is 1. The molecule has 0 heterocycles. The lowest BCUT2D eigenvalue weighted by Gasteiger charge is -2.10. The van der Waals surface area contributed by atoms with Gasteiger partial charge in [0.1, 0.15) is 5.75 Å². The quantitative estimate of drug-likeness (QED) is 0.705. The minimum Gasteiger partial charge on any atom is -0.507 e. The molecule has 0 aliphatic heterocycles. The Morgan fingerprint density at radius 2 is 1.75 bits per heavy atom. The standard InChI is InChI=1S/C15H24O/c1-4-6-7-9-13-10-12(3)15(16)14(11-13)8-5-2/h10-11,16H,4-9H2,1-3H3. The molecule has 16 heavy (non-hydrogen) atoms. The first-order valence-corrected chi connectivity index (χ1v) is 6.50. The molecule has 0 aromatic heterocycles. The van der Waals surface area contributed by atoms with Crippen molar-refractivity contribution in [1.82, 2.24) is 0 Å². The van der Waals surface area contributed by atoms with Gasteiger partial charge in [0.05, 0.1) is 0 Å². The number of phenols is 1. The van der Waals surface area contributed by atoms with E-state index < -0.39 is 0 Å². The molecule has 0 saturated heterocycles. The molecule has 1 nitrogen and oxygen atoms in total. The van der Waals surface area contributed by atoms with Crippen LogP contribution in [0, 0.1) is 6.92 Å². The van der Waals surface area contributed by atoms with Gasteiger partial charge in [-0.15, -0.1) is 0 Å². The summed E-state index contributed by atoms with van der Waals surface area (Å²) in [5.41, 5.74) is 3.53. The van der Waals surface area contributed by atoms with Crippen molar-refractivity contribution >= 4 is 0 Å². The third kappa shape index (κ3) is 3.55. The number of unbranched alkanes of at least 4 members (excludes halogenated alkanes) is 2. The van der Waals surface area contributed by atoms with E-state index in [-0.39, 0.29) is 0 Å². The van der Waals surface area contributed by atoms with Crippen LogP contribution in [0.4, 0.5) is 0 Å². The summed E-state index contributed by atoms with van der Waals surface area (Å²) in [4.78, 5) is 0. The molecule has 0 spiro atoms. The maximum absolute atomic E-state index is 9.92. The lowest BCUT2D eigenvalue weighted by Crippen LogP contribution is -1.93. The highest BCUT2D eigenvalue weighted by Gasteiger charge is 2.06. The summed E-state index contributed by atoms with van der Waals surface area (Å²) in [5.74, 6) is 0.501. The first-order valence-electron chi connectivity index (χ1n) is 6.50. The van der Waals surface area contributed by atoms with Crippen LogP contribution in [0.3, 0.4) is 0 Å². The van der Waals surface area contributed by atoms with Gasteiger partial charge in [-0.1, -0.05) is 45.2 Å². The van der Waals surface area contributed by atoms with Crippen LogP contribution >= 0.6 is 0 Å². The van der Waals surface area contributed by atoms with Gasteiger partial charge in [-0.2, -0.15) is 0 Å². The third-order valence-corrected chi connectivity index (χ3v) is 3.03. The summed E-state index contributed by atoms with van der Waals surface area (Å²) in [6.45, 7) is 6.38. The zero-order valence-electron chi connectivity index (χ0n) is 10.8. The predicted molar refractivity (Wildman–Crippen MR) is 70.1 cm³/mol.